The molecule has 1 fully saturated rings. The molecule has 0 aromatic heterocycles. The summed E-state index contributed by atoms with van der Waals surface area (Å²) in [5.74, 6) is 0. The molecule has 0 radical (unpaired) electrons. The summed E-state index contributed by atoms with van der Waals surface area (Å²) >= 11 is 0. The highest BCUT2D eigenvalue weighted by atomic mass is 19.3. The van der Waals surface area contributed by atoms with Crippen molar-refractivity contribution in [3.8, 4) is 0 Å². The maximum atomic E-state index is 12.8. The zero-order valence-corrected chi connectivity index (χ0v) is 13.8. The number of carbonyl (C=O) groups excluding carboxylic acids is 1. The van der Waals surface area contributed by atoms with Crippen LogP contribution in [0.3, 0.4) is 0 Å². The van der Waals surface area contributed by atoms with Crippen molar-refractivity contribution >= 4 is 6.09 Å². The largest absolute Gasteiger partial charge is 0.444 e. The lowest BCUT2D eigenvalue weighted by molar-refractivity contribution is -0.127. The molecule has 1 saturated heterocycles. The van der Waals surface area contributed by atoms with Gasteiger partial charge < -0.3 is 14.4 Å². The second kappa shape index (κ2) is 8.32. The average Bonchev–Trinajstić information content (AvgIpc) is 2.38. The number of morpholine rings is 1. The molecule has 0 aromatic carbocycles. The van der Waals surface area contributed by atoms with E-state index >= 15 is 0 Å². The summed E-state index contributed by atoms with van der Waals surface area (Å²) in [5.41, 5.74) is -0.0482. The van der Waals surface area contributed by atoms with Crippen molar-refractivity contribution in [3.05, 3.63) is 12.2 Å². The number of amides is 1. The quantitative estimate of drug-likeness (QED) is 0.727. The minimum absolute atomic E-state index is 0.170. The number of ether oxygens (including phenoxy) is 2. The lowest BCUT2D eigenvalue weighted by Gasteiger charge is -2.38. The third-order valence-corrected chi connectivity index (χ3v) is 2.61. The van der Waals surface area contributed by atoms with Crippen molar-refractivity contribution in [2.45, 2.75) is 65.8 Å². The number of carbonyl (C=O) groups is 1. The van der Waals surface area contributed by atoms with Crippen LogP contribution < -0.4 is 0 Å². The average molecular weight is 307 g/mol. The fraction of sp³-hybridized carbons (Fsp3) is 0.800. The highest BCUT2D eigenvalue weighted by Crippen LogP contribution is 2.22. The minimum Gasteiger partial charge on any atom is -0.444 e. The molecule has 1 aliphatic heterocycles. The lowest BCUT2D eigenvalue weighted by atomic mass is 10.1. The van der Waals surface area contributed by atoms with E-state index in [2.05, 4.69) is 6.58 Å². The molecular weight excluding hydrogens is 280 g/mol. The fourth-order valence-electron chi connectivity index (χ4n) is 1.68. The number of hydrogen-bond donors (Lipinski definition) is 0. The summed E-state index contributed by atoms with van der Waals surface area (Å²) < 4.78 is 36.0. The summed E-state index contributed by atoms with van der Waals surface area (Å²) in [6, 6.07) is 0. The standard InChI is InChI=1S/C13H21F2NO3.C2H6/c1-8(2)9-6-16(7-10(18-9)11(14)15)12(17)19-13(3,4)5;1-2/h9-11H,1,6-7H2,2-5H3;1-2H3. The molecule has 0 aromatic rings. The molecule has 1 amide bonds. The Morgan fingerprint density at radius 2 is 1.86 bits per heavy atom. The van der Waals surface area contributed by atoms with Crippen molar-refractivity contribution in [3.63, 3.8) is 0 Å². The van der Waals surface area contributed by atoms with Gasteiger partial charge in [0, 0.05) is 0 Å². The van der Waals surface area contributed by atoms with Crippen LogP contribution >= 0.6 is 0 Å². The van der Waals surface area contributed by atoms with Gasteiger partial charge in [0.05, 0.1) is 19.2 Å². The third-order valence-electron chi connectivity index (χ3n) is 2.61. The van der Waals surface area contributed by atoms with E-state index < -0.39 is 30.3 Å². The minimum atomic E-state index is -2.65. The van der Waals surface area contributed by atoms with Crippen LogP contribution in [0.2, 0.25) is 0 Å². The summed E-state index contributed by atoms with van der Waals surface area (Å²) in [6.45, 7) is 14.6. The first-order valence-electron chi connectivity index (χ1n) is 7.17. The Hall–Kier alpha value is -1.17. The van der Waals surface area contributed by atoms with Gasteiger partial charge in [-0.3, -0.25) is 0 Å². The molecule has 4 nitrogen and oxygen atoms in total. The van der Waals surface area contributed by atoms with Crippen LogP contribution in [0.15, 0.2) is 12.2 Å². The number of nitrogens with zero attached hydrogens (tertiary/aromatic N) is 1. The van der Waals surface area contributed by atoms with E-state index in [0.717, 1.165) is 0 Å². The van der Waals surface area contributed by atoms with E-state index in [0.29, 0.717) is 5.57 Å². The van der Waals surface area contributed by atoms with Gasteiger partial charge in [-0.15, -0.1) is 0 Å². The first kappa shape index (κ1) is 19.8. The Bertz CT molecular complexity index is 353. The van der Waals surface area contributed by atoms with Gasteiger partial charge >= 0.3 is 6.09 Å². The predicted molar refractivity (Wildman–Crippen MR) is 78.6 cm³/mol. The number of halogens is 2. The highest BCUT2D eigenvalue weighted by Gasteiger charge is 2.37. The molecule has 1 heterocycles. The molecule has 0 N–H and O–H groups in total. The molecule has 6 heteroatoms. The zero-order chi connectivity index (χ0) is 16.8. The van der Waals surface area contributed by atoms with Crippen molar-refractivity contribution in [2.24, 2.45) is 0 Å². The van der Waals surface area contributed by atoms with Gasteiger partial charge in [0.2, 0.25) is 0 Å². The molecule has 2 unspecified atom stereocenters. The van der Waals surface area contributed by atoms with Gasteiger partial charge in [-0.2, -0.15) is 0 Å². The molecule has 2 atom stereocenters. The fourth-order valence-corrected chi connectivity index (χ4v) is 1.68. The van der Waals surface area contributed by atoms with Gasteiger partial charge in [0.15, 0.2) is 0 Å². The smallest absolute Gasteiger partial charge is 0.410 e. The van der Waals surface area contributed by atoms with Crippen LogP contribution in [0, 0.1) is 0 Å². The third kappa shape index (κ3) is 6.89. The molecule has 21 heavy (non-hydrogen) atoms. The molecule has 0 spiro atoms. The van der Waals surface area contributed by atoms with E-state index in [1.807, 2.05) is 13.8 Å². The van der Waals surface area contributed by atoms with Gasteiger partial charge in [-0.05, 0) is 27.7 Å². The summed E-state index contributed by atoms with van der Waals surface area (Å²) in [4.78, 5) is 13.2. The summed E-state index contributed by atoms with van der Waals surface area (Å²) in [5, 5.41) is 0. The maximum absolute atomic E-state index is 12.8. The van der Waals surface area contributed by atoms with Crippen LogP contribution in [0.4, 0.5) is 13.6 Å². The predicted octanol–water partition coefficient (Wildman–Crippen LogP) is 3.86. The van der Waals surface area contributed by atoms with Crippen LogP contribution in [0.25, 0.3) is 0 Å². The second-order valence-corrected chi connectivity index (χ2v) is 5.73. The Kier molecular flexibility index (Phi) is 7.85. The van der Waals surface area contributed by atoms with E-state index in [1.165, 1.54) is 4.90 Å². The topological polar surface area (TPSA) is 38.8 Å². The Morgan fingerprint density at radius 3 is 2.24 bits per heavy atom. The second-order valence-electron chi connectivity index (χ2n) is 5.73. The van der Waals surface area contributed by atoms with Gasteiger partial charge in [0.25, 0.3) is 6.43 Å². The van der Waals surface area contributed by atoms with E-state index in [-0.39, 0.29) is 13.1 Å². The van der Waals surface area contributed by atoms with Gasteiger partial charge in [-0.25, -0.2) is 13.6 Å². The Morgan fingerprint density at radius 1 is 1.33 bits per heavy atom. The molecular formula is C15H27F2NO3. The first-order valence-corrected chi connectivity index (χ1v) is 7.17. The number of alkyl halides is 2. The van der Waals surface area contributed by atoms with E-state index in [9.17, 15) is 13.6 Å². The van der Waals surface area contributed by atoms with Crippen molar-refractivity contribution in [1.29, 1.82) is 0 Å². The first-order chi connectivity index (χ1) is 9.60. The Balaban J connectivity index is 0.00000191. The summed E-state index contributed by atoms with van der Waals surface area (Å²) in [6.07, 6.45) is -5.14. The van der Waals surface area contributed by atoms with Gasteiger partial charge in [-0.1, -0.05) is 26.0 Å². The van der Waals surface area contributed by atoms with Crippen molar-refractivity contribution in [2.75, 3.05) is 13.1 Å². The Labute approximate surface area is 126 Å². The van der Waals surface area contributed by atoms with Gasteiger partial charge in [0.1, 0.15) is 11.7 Å². The SMILES string of the molecule is C=C(C)C1CN(C(=O)OC(C)(C)C)CC(C(F)F)O1.CC. The van der Waals surface area contributed by atoms with E-state index in [1.54, 1.807) is 27.7 Å². The molecule has 0 saturated carbocycles. The van der Waals surface area contributed by atoms with E-state index in [4.69, 9.17) is 9.47 Å². The van der Waals surface area contributed by atoms with Crippen molar-refractivity contribution < 1.29 is 23.0 Å². The van der Waals surface area contributed by atoms with Crippen molar-refractivity contribution in [1.82, 2.24) is 4.90 Å². The summed E-state index contributed by atoms with van der Waals surface area (Å²) in [7, 11) is 0. The highest BCUT2D eigenvalue weighted by molar-refractivity contribution is 5.68. The number of hydrogen-bond acceptors (Lipinski definition) is 3. The van der Waals surface area contributed by atoms with Crippen LogP contribution in [-0.4, -0.2) is 48.3 Å². The molecule has 1 aliphatic rings. The molecule has 1 rings (SSSR count). The molecule has 0 bridgehead atoms. The number of rotatable bonds is 2. The molecule has 124 valence electrons. The van der Waals surface area contributed by atoms with Crippen LogP contribution in [-0.2, 0) is 9.47 Å². The van der Waals surface area contributed by atoms with Crippen LogP contribution in [0.1, 0.15) is 41.5 Å². The normalized spacial score (nSPS) is 22.4. The molecule has 0 aliphatic carbocycles. The lowest BCUT2D eigenvalue weighted by Crippen LogP contribution is -2.53. The monoisotopic (exact) mass is 307 g/mol. The zero-order valence-electron chi connectivity index (χ0n) is 13.8. The maximum Gasteiger partial charge on any atom is 0.410 e. The van der Waals surface area contributed by atoms with Crippen LogP contribution in [0.5, 0.6) is 0 Å².